The van der Waals surface area contributed by atoms with Crippen molar-refractivity contribution in [2.24, 2.45) is 0 Å². The van der Waals surface area contributed by atoms with Gasteiger partial charge in [0.05, 0.1) is 12.8 Å². The molecule has 3 rings (SSSR count). The van der Waals surface area contributed by atoms with Crippen molar-refractivity contribution in [3.63, 3.8) is 0 Å². The zero-order chi connectivity index (χ0) is 43.6. The van der Waals surface area contributed by atoms with Crippen molar-refractivity contribution in [2.45, 2.75) is 218 Å². The highest BCUT2D eigenvalue weighted by molar-refractivity contribution is 5.78. The van der Waals surface area contributed by atoms with Crippen LogP contribution >= 0.6 is 0 Å². The lowest BCUT2D eigenvalue weighted by Gasteiger charge is -2.34. The van der Waals surface area contributed by atoms with Gasteiger partial charge in [0.2, 0.25) is 11.8 Å². The smallest absolute Gasteiger partial charge is 0.224 e. The molecule has 1 saturated heterocycles. The van der Waals surface area contributed by atoms with E-state index in [1.807, 2.05) is 60.7 Å². The molecular formula is C56H96N4O2. The fourth-order valence-corrected chi connectivity index (χ4v) is 9.25. The number of piperazine rings is 1. The lowest BCUT2D eigenvalue weighted by atomic mass is 10.0. The van der Waals surface area contributed by atoms with Crippen molar-refractivity contribution >= 4 is 11.8 Å². The number of nitrogens with zero attached hydrogens (tertiary/aromatic N) is 2. The Morgan fingerprint density at radius 1 is 0.323 bits per heavy atom. The molecule has 2 aromatic carbocycles. The lowest BCUT2D eigenvalue weighted by molar-refractivity contribution is -0.121. The lowest BCUT2D eigenvalue weighted by Crippen LogP contribution is -2.46. The third-order valence-electron chi connectivity index (χ3n) is 13.3. The Morgan fingerprint density at radius 2 is 0.548 bits per heavy atom. The van der Waals surface area contributed by atoms with Crippen molar-refractivity contribution in [3.8, 4) is 0 Å². The SMILES string of the molecule is O=C(Cc1ccccc1)NCCCCCCCCCCCCCCCCCCN1CCN(CCCCCCCCCCCCCCCCCCNC(=O)Cc2ccccc2)CC1. The predicted octanol–water partition coefficient (Wildman–Crippen LogP) is 13.8. The third kappa shape index (κ3) is 32.0. The monoisotopic (exact) mass is 857 g/mol. The summed E-state index contributed by atoms with van der Waals surface area (Å²) in [5.74, 6) is 0.292. The Morgan fingerprint density at radius 3 is 0.806 bits per heavy atom. The summed E-state index contributed by atoms with van der Waals surface area (Å²) < 4.78 is 0. The van der Waals surface area contributed by atoms with Gasteiger partial charge in [-0.05, 0) is 49.9 Å². The molecule has 0 radical (unpaired) electrons. The standard InChI is InChI=1S/C56H96N4O2/c61-55(51-53-39-31-29-32-40-53)57-43-35-25-21-17-13-9-5-1-3-7-11-15-19-23-27-37-45-59-47-49-60(50-48-59)46-38-28-24-20-16-12-8-4-2-6-10-14-18-22-26-36-44-58-56(62)52-54-41-33-30-34-42-54/h29-34,39-42H,1-28,35-38,43-52H2,(H,57,61)(H,58,62). The first-order chi connectivity index (χ1) is 30.7. The molecule has 2 amide bonds. The number of hydrogen-bond acceptors (Lipinski definition) is 4. The van der Waals surface area contributed by atoms with E-state index in [0.29, 0.717) is 12.8 Å². The van der Waals surface area contributed by atoms with E-state index in [1.54, 1.807) is 0 Å². The number of benzene rings is 2. The molecule has 1 aliphatic heterocycles. The van der Waals surface area contributed by atoms with E-state index in [9.17, 15) is 9.59 Å². The topological polar surface area (TPSA) is 64.7 Å². The van der Waals surface area contributed by atoms with Gasteiger partial charge >= 0.3 is 0 Å². The number of amides is 2. The van der Waals surface area contributed by atoms with Crippen LogP contribution < -0.4 is 10.6 Å². The van der Waals surface area contributed by atoms with Crippen molar-refractivity contribution in [1.29, 1.82) is 0 Å². The molecule has 6 heteroatoms. The van der Waals surface area contributed by atoms with Crippen molar-refractivity contribution in [3.05, 3.63) is 71.8 Å². The molecule has 1 heterocycles. The predicted molar refractivity (Wildman–Crippen MR) is 267 cm³/mol. The zero-order valence-corrected chi connectivity index (χ0v) is 40.2. The molecule has 0 saturated carbocycles. The maximum Gasteiger partial charge on any atom is 0.224 e. The molecule has 0 aliphatic carbocycles. The fraction of sp³-hybridized carbons (Fsp3) is 0.750. The Kier molecular flexibility index (Phi) is 34.5. The minimum absolute atomic E-state index is 0.146. The van der Waals surface area contributed by atoms with E-state index < -0.39 is 0 Å². The minimum Gasteiger partial charge on any atom is -0.356 e. The highest BCUT2D eigenvalue weighted by Gasteiger charge is 2.15. The minimum atomic E-state index is 0.146. The second-order valence-corrected chi connectivity index (χ2v) is 19.0. The van der Waals surface area contributed by atoms with Crippen LogP contribution in [0.3, 0.4) is 0 Å². The molecule has 0 bridgehead atoms. The molecule has 6 nitrogen and oxygen atoms in total. The van der Waals surface area contributed by atoms with Crippen LogP contribution in [0.15, 0.2) is 60.7 Å². The molecule has 0 unspecified atom stereocenters. The molecule has 62 heavy (non-hydrogen) atoms. The maximum atomic E-state index is 12.0. The summed E-state index contributed by atoms with van der Waals surface area (Å²) in [5, 5.41) is 6.15. The molecule has 0 aromatic heterocycles. The molecule has 1 fully saturated rings. The van der Waals surface area contributed by atoms with Crippen LogP contribution in [0, 0.1) is 0 Å². The Labute approximate surface area is 382 Å². The van der Waals surface area contributed by atoms with Gasteiger partial charge < -0.3 is 20.4 Å². The van der Waals surface area contributed by atoms with Gasteiger partial charge in [0.15, 0.2) is 0 Å². The second-order valence-electron chi connectivity index (χ2n) is 19.0. The van der Waals surface area contributed by atoms with Crippen molar-refractivity contribution in [1.82, 2.24) is 20.4 Å². The molecular weight excluding hydrogens is 761 g/mol. The summed E-state index contributed by atoms with van der Waals surface area (Å²) in [6.45, 7) is 9.42. The van der Waals surface area contributed by atoms with E-state index in [-0.39, 0.29) is 11.8 Å². The largest absolute Gasteiger partial charge is 0.356 e. The summed E-state index contributed by atoms with van der Waals surface area (Å²) in [6, 6.07) is 20.0. The second kappa shape index (κ2) is 39.9. The number of carbonyl (C=O) groups excluding carboxylic acids is 2. The quantitative estimate of drug-likeness (QED) is 0.0653. The summed E-state index contributed by atoms with van der Waals surface area (Å²) in [6.07, 6.45) is 45.1. The van der Waals surface area contributed by atoms with Gasteiger partial charge in [0, 0.05) is 39.3 Å². The van der Waals surface area contributed by atoms with Crippen LogP contribution in [0.4, 0.5) is 0 Å². The van der Waals surface area contributed by atoms with Crippen LogP contribution in [0.25, 0.3) is 0 Å². The van der Waals surface area contributed by atoms with Gasteiger partial charge in [-0.3, -0.25) is 9.59 Å². The number of carbonyl (C=O) groups is 2. The number of unbranched alkanes of at least 4 members (excludes halogenated alkanes) is 30. The van der Waals surface area contributed by atoms with Gasteiger partial charge in [-0.2, -0.15) is 0 Å². The highest BCUT2D eigenvalue weighted by Crippen LogP contribution is 2.16. The molecule has 0 spiro atoms. The van der Waals surface area contributed by atoms with Crippen LogP contribution in [0.1, 0.15) is 217 Å². The maximum absolute atomic E-state index is 12.0. The molecule has 2 N–H and O–H groups in total. The van der Waals surface area contributed by atoms with Gasteiger partial charge in [0.1, 0.15) is 0 Å². The van der Waals surface area contributed by atoms with Gasteiger partial charge in [-0.15, -0.1) is 0 Å². The van der Waals surface area contributed by atoms with Crippen LogP contribution in [-0.4, -0.2) is 74.0 Å². The van der Waals surface area contributed by atoms with Gasteiger partial charge in [0.25, 0.3) is 0 Å². The normalized spacial score (nSPS) is 13.4. The van der Waals surface area contributed by atoms with Crippen molar-refractivity contribution in [2.75, 3.05) is 52.4 Å². The number of nitrogens with one attached hydrogen (secondary N) is 2. The van der Waals surface area contributed by atoms with E-state index in [2.05, 4.69) is 20.4 Å². The molecule has 0 atom stereocenters. The first-order valence-corrected chi connectivity index (χ1v) is 26.7. The van der Waals surface area contributed by atoms with E-state index in [1.165, 1.54) is 232 Å². The first kappa shape index (κ1) is 53.6. The Balaban J connectivity index is 0.922. The van der Waals surface area contributed by atoms with Crippen LogP contribution in [0.2, 0.25) is 0 Å². The molecule has 1 aliphatic rings. The van der Waals surface area contributed by atoms with Gasteiger partial charge in [-0.1, -0.05) is 240 Å². The van der Waals surface area contributed by atoms with Crippen molar-refractivity contribution < 1.29 is 9.59 Å². The van der Waals surface area contributed by atoms with Crippen LogP contribution in [-0.2, 0) is 22.4 Å². The average Bonchev–Trinajstić information content (AvgIpc) is 3.29. The molecule has 352 valence electrons. The summed E-state index contributed by atoms with van der Waals surface area (Å²) in [4.78, 5) is 29.5. The summed E-state index contributed by atoms with van der Waals surface area (Å²) in [7, 11) is 0. The zero-order valence-electron chi connectivity index (χ0n) is 40.2. The highest BCUT2D eigenvalue weighted by atomic mass is 16.2. The molecule has 2 aromatic rings. The number of hydrogen-bond donors (Lipinski definition) is 2. The summed E-state index contributed by atoms with van der Waals surface area (Å²) >= 11 is 0. The van der Waals surface area contributed by atoms with E-state index in [4.69, 9.17) is 0 Å². The van der Waals surface area contributed by atoms with Crippen LogP contribution in [0.5, 0.6) is 0 Å². The van der Waals surface area contributed by atoms with Gasteiger partial charge in [-0.25, -0.2) is 0 Å². The van der Waals surface area contributed by atoms with E-state index >= 15 is 0 Å². The third-order valence-corrected chi connectivity index (χ3v) is 13.3. The fourth-order valence-electron chi connectivity index (χ4n) is 9.25. The van der Waals surface area contributed by atoms with E-state index in [0.717, 1.165) is 37.1 Å². The first-order valence-electron chi connectivity index (χ1n) is 26.7. The Bertz CT molecular complexity index is 1180. The Hall–Kier alpha value is -2.70. The summed E-state index contributed by atoms with van der Waals surface area (Å²) in [5.41, 5.74) is 2.18. The number of rotatable bonds is 42. The average molecular weight is 857 g/mol.